The lowest BCUT2D eigenvalue weighted by molar-refractivity contribution is -0.143. The zero-order valence-corrected chi connectivity index (χ0v) is 16.6. The van der Waals surface area contributed by atoms with Gasteiger partial charge in [-0.25, -0.2) is 9.97 Å². The summed E-state index contributed by atoms with van der Waals surface area (Å²) in [6.45, 7) is 6.78. The summed E-state index contributed by atoms with van der Waals surface area (Å²) in [4.78, 5) is 28.8. The van der Waals surface area contributed by atoms with E-state index in [-0.39, 0.29) is 5.97 Å². The number of rotatable bonds is 9. The summed E-state index contributed by atoms with van der Waals surface area (Å²) in [6, 6.07) is 1.84. The van der Waals surface area contributed by atoms with Gasteiger partial charge in [-0.05, 0) is 25.8 Å². The summed E-state index contributed by atoms with van der Waals surface area (Å²) >= 11 is 0. The molecule has 0 atom stereocenters. The fourth-order valence-electron chi connectivity index (χ4n) is 3.09. The van der Waals surface area contributed by atoms with Crippen molar-refractivity contribution in [1.29, 1.82) is 0 Å². The topological polar surface area (TPSA) is 83.0 Å². The molecule has 8 nitrogen and oxygen atoms in total. The molecule has 0 amide bonds. The second-order valence-electron chi connectivity index (χ2n) is 6.47. The van der Waals surface area contributed by atoms with Gasteiger partial charge in [0, 0.05) is 58.6 Å². The van der Waals surface area contributed by atoms with E-state index in [1.54, 1.807) is 12.4 Å². The van der Waals surface area contributed by atoms with Gasteiger partial charge in [0.25, 0.3) is 0 Å². The van der Waals surface area contributed by atoms with Gasteiger partial charge in [-0.15, -0.1) is 0 Å². The van der Waals surface area contributed by atoms with Gasteiger partial charge in [-0.2, -0.15) is 0 Å². The minimum atomic E-state index is -0.0870. The second-order valence-corrected chi connectivity index (χ2v) is 6.47. The Hall–Kier alpha value is -2.38. The highest BCUT2D eigenvalue weighted by Crippen LogP contribution is 2.10. The van der Waals surface area contributed by atoms with Gasteiger partial charge in [0.1, 0.15) is 0 Å². The molecule has 1 saturated heterocycles. The molecule has 8 heteroatoms. The number of ether oxygens (including phenoxy) is 1. The van der Waals surface area contributed by atoms with Crippen LogP contribution in [0.1, 0.15) is 39.0 Å². The van der Waals surface area contributed by atoms with Crippen molar-refractivity contribution in [3.63, 3.8) is 0 Å². The minimum absolute atomic E-state index is 0.0870. The molecule has 0 aliphatic carbocycles. The summed E-state index contributed by atoms with van der Waals surface area (Å²) in [6.07, 6.45) is 8.20. The molecule has 0 radical (unpaired) electrons. The zero-order chi connectivity index (χ0) is 19.3. The van der Waals surface area contributed by atoms with Gasteiger partial charge in [-0.1, -0.05) is 12.8 Å². The number of unbranched alkanes of at least 4 members (excludes halogenated alkanes) is 3. The molecule has 150 valence electrons. The van der Waals surface area contributed by atoms with Crippen LogP contribution in [0.4, 0.5) is 5.95 Å². The molecular weight excluding hydrogens is 344 g/mol. The van der Waals surface area contributed by atoms with Crippen molar-refractivity contribution in [2.24, 2.45) is 4.99 Å². The number of guanidine groups is 1. The Balaban J connectivity index is 1.59. The molecule has 1 N–H and O–H groups in total. The Morgan fingerprint density at radius 2 is 1.85 bits per heavy atom. The second kappa shape index (κ2) is 12.1. The average Bonchev–Trinajstić information content (AvgIpc) is 2.71. The Bertz CT molecular complexity index is 573. The van der Waals surface area contributed by atoms with Crippen LogP contribution in [-0.2, 0) is 9.53 Å². The number of hydrogen-bond acceptors (Lipinski definition) is 6. The van der Waals surface area contributed by atoms with Crippen LogP contribution in [0.25, 0.3) is 0 Å². The summed E-state index contributed by atoms with van der Waals surface area (Å²) in [5, 5.41) is 3.45. The van der Waals surface area contributed by atoms with Crippen molar-refractivity contribution in [2.75, 3.05) is 51.3 Å². The van der Waals surface area contributed by atoms with Crippen molar-refractivity contribution in [2.45, 2.75) is 39.0 Å². The van der Waals surface area contributed by atoms with E-state index in [0.717, 1.165) is 70.3 Å². The average molecular weight is 377 g/mol. The molecule has 0 bridgehead atoms. The third-order valence-electron chi connectivity index (χ3n) is 4.52. The fraction of sp³-hybridized carbons (Fsp3) is 0.684. The Kier molecular flexibility index (Phi) is 9.37. The SMILES string of the molecule is CCOC(=O)CCCCCCNC(=NC)N1CCN(c2ncccn2)CC1. The van der Waals surface area contributed by atoms with Crippen molar-refractivity contribution in [3.8, 4) is 0 Å². The van der Waals surface area contributed by atoms with Gasteiger partial charge >= 0.3 is 5.97 Å². The number of anilines is 1. The maximum absolute atomic E-state index is 11.3. The van der Waals surface area contributed by atoms with Gasteiger partial charge in [0.2, 0.25) is 5.95 Å². The first-order valence-electron chi connectivity index (χ1n) is 9.87. The molecule has 0 aromatic carbocycles. The highest BCUT2D eigenvalue weighted by Gasteiger charge is 2.20. The molecule has 2 rings (SSSR count). The summed E-state index contributed by atoms with van der Waals surface area (Å²) in [5.41, 5.74) is 0. The number of carbonyl (C=O) groups is 1. The van der Waals surface area contributed by atoms with Crippen LogP contribution in [0.3, 0.4) is 0 Å². The number of aliphatic imine (C=N–C) groups is 1. The van der Waals surface area contributed by atoms with Crippen LogP contribution in [0, 0.1) is 0 Å². The van der Waals surface area contributed by atoms with Crippen LogP contribution in [0.5, 0.6) is 0 Å². The summed E-state index contributed by atoms with van der Waals surface area (Å²) < 4.78 is 4.93. The van der Waals surface area contributed by atoms with Crippen molar-refractivity contribution in [3.05, 3.63) is 18.5 Å². The van der Waals surface area contributed by atoms with Crippen LogP contribution in [-0.4, -0.2) is 73.2 Å². The standard InChI is InChI=1S/C19H32N6O2/c1-3-27-17(26)9-6-4-5-7-10-21-18(20-2)24-13-15-25(16-14-24)19-22-11-8-12-23-19/h8,11-12H,3-7,9-10,13-16H2,1-2H3,(H,20,21). The quantitative estimate of drug-likeness (QED) is 0.304. The number of nitrogens with one attached hydrogen (secondary N) is 1. The highest BCUT2D eigenvalue weighted by molar-refractivity contribution is 5.80. The van der Waals surface area contributed by atoms with Gasteiger partial charge < -0.3 is 19.9 Å². The highest BCUT2D eigenvalue weighted by atomic mass is 16.5. The number of carbonyl (C=O) groups excluding carboxylic acids is 1. The molecule has 1 aromatic rings. The zero-order valence-electron chi connectivity index (χ0n) is 16.6. The van der Waals surface area contributed by atoms with Gasteiger partial charge in [-0.3, -0.25) is 9.79 Å². The van der Waals surface area contributed by atoms with E-state index in [9.17, 15) is 4.79 Å². The summed E-state index contributed by atoms with van der Waals surface area (Å²) in [5.74, 6) is 1.66. The van der Waals surface area contributed by atoms with Crippen molar-refractivity contribution >= 4 is 17.9 Å². The van der Waals surface area contributed by atoms with E-state index in [2.05, 4.69) is 30.1 Å². The largest absolute Gasteiger partial charge is 0.466 e. The Labute approximate surface area is 162 Å². The lowest BCUT2D eigenvalue weighted by Crippen LogP contribution is -2.53. The van der Waals surface area contributed by atoms with Gasteiger partial charge in [0.05, 0.1) is 6.61 Å². The molecular formula is C19H32N6O2. The number of esters is 1. The van der Waals surface area contributed by atoms with Crippen LogP contribution in [0.2, 0.25) is 0 Å². The van der Waals surface area contributed by atoms with E-state index in [1.807, 2.05) is 20.0 Å². The number of aromatic nitrogens is 2. The first-order valence-corrected chi connectivity index (χ1v) is 9.87. The molecule has 1 aliphatic rings. The van der Waals surface area contributed by atoms with Crippen molar-refractivity contribution in [1.82, 2.24) is 20.2 Å². The van der Waals surface area contributed by atoms with E-state index in [4.69, 9.17) is 4.74 Å². The normalized spacial score (nSPS) is 15.0. The molecule has 0 unspecified atom stereocenters. The van der Waals surface area contributed by atoms with E-state index in [1.165, 1.54) is 0 Å². The smallest absolute Gasteiger partial charge is 0.305 e. The number of piperazine rings is 1. The maximum Gasteiger partial charge on any atom is 0.305 e. The lowest BCUT2D eigenvalue weighted by atomic mass is 10.1. The van der Waals surface area contributed by atoms with Crippen molar-refractivity contribution < 1.29 is 9.53 Å². The summed E-state index contributed by atoms with van der Waals surface area (Å²) in [7, 11) is 1.83. The minimum Gasteiger partial charge on any atom is -0.466 e. The molecule has 0 spiro atoms. The Morgan fingerprint density at radius 1 is 1.15 bits per heavy atom. The fourth-order valence-corrected chi connectivity index (χ4v) is 3.09. The van der Waals surface area contributed by atoms with E-state index >= 15 is 0 Å². The molecule has 2 heterocycles. The lowest BCUT2D eigenvalue weighted by Gasteiger charge is -2.36. The Morgan fingerprint density at radius 3 is 2.52 bits per heavy atom. The van der Waals surface area contributed by atoms with Gasteiger partial charge in [0.15, 0.2) is 5.96 Å². The molecule has 1 aromatic heterocycles. The predicted octanol–water partition coefficient (Wildman–Crippen LogP) is 1.69. The third kappa shape index (κ3) is 7.40. The first-order chi connectivity index (χ1) is 13.2. The van der Waals surface area contributed by atoms with Crippen LogP contribution in [0.15, 0.2) is 23.5 Å². The van der Waals surface area contributed by atoms with Crippen LogP contribution < -0.4 is 10.2 Å². The maximum atomic E-state index is 11.3. The number of hydrogen-bond donors (Lipinski definition) is 1. The monoisotopic (exact) mass is 376 g/mol. The molecule has 0 saturated carbocycles. The third-order valence-corrected chi connectivity index (χ3v) is 4.52. The molecule has 1 aliphatic heterocycles. The van der Waals surface area contributed by atoms with Crippen LogP contribution >= 0.6 is 0 Å². The van der Waals surface area contributed by atoms with E-state index < -0.39 is 0 Å². The van der Waals surface area contributed by atoms with E-state index in [0.29, 0.717) is 13.0 Å². The molecule has 1 fully saturated rings. The predicted molar refractivity (Wildman–Crippen MR) is 107 cm³/mol. The first kappa shape index (κ1) is 20.9. The number of nitrogens with zero attached hydrogens (tertiary/aromatic N) is 5. The molecule has 27 heavy (non-hydrogen) atoms.